The lowest BCUT2D eigenvalue weighted by molar-refractivity contribution is -0.384. The van der Waals surface area contributed by atoms with E-state index in [0.717, 1.165) is 28.0 Å². The zero-order chi connectivity index (χ0) is 26.6. The monoisotopic (exact) mass is 558 g/mol. The molecular formula is C24H19ClN4O6S2. The lowest BCUT2D eigenvalue weighted by Gasteiger charge is -2.36. The van der Waals surface area contributed by atoms with Crippen molar-refractivity contribution in [1.82, 2.24) is 4.57 Å². The van der Waals surface area contributed by atoms with Crippen LogP contribution in [0.15, 0.2) is 58.4 Å². The third-order valence-corrected chi connectivity index (χ3v) is 9.53. The van der Waals surface area contributed by atoms with Gasteiger partial charge >= 0.3 is 4.87 Å². The highest BCUT2D eigenvalue weighted by Crippen LogP contribution is 2.54. The second-order valence-corrected chi connectivity index (χ2v) is 11.7. The number of hydrogen-bond donors (Lipinski definition) is 1. The highest BCUT2D eigenvalue weighted by atomic mass is 35.5. The largest absolute Gasteiger partial charge is 0.325 e. The van der Waals surface area contributed by atoms with Gasteiger partial charge in [-0.05, 0) is 36.4 Å². The minimum atomic E-state index is -0.866. The van der Waals surface area contributed by atoms with Crippen molar-refractivity contribution in [3.05, 3.63) is 78.2 Å². The van der Waals surface area contributed by atoms with Crippen molar-refractivity contribution in [1.29, 1.82) is 0 Å². The number of benzene rings is 2. The third kappa shape index (κ3) is 4.24. The average molecular weight is 559 g/mol. The first-order chi connectivity index (χ1) is 17.5. The van der Waals surface area contributed by atoms with Crippen LogP contribution in [-0.2, 0) is 26.3 Å². The summed E-state index contributed by atoms with van der Waals surface area (Å²) in [5.41, 5.74) is -0.252. The minimum Gasteiger partial charge on any atom is -0.325 e. The highest BCUT2D eigenvalue weighted by molar-refractivity contribution is 8.00. The van der Waals surface area contributed by atoms with E-state index in [4.69, 9.17) is 11.6 Å². The Balaban J connectivity index is 1.45. The van der Waals surface area contributed by atoms with Crippen LogP contribution in [0.4, 0.5) is 17.1 Å². The third-order valence-electron chi connectivity index (χ3n) is 6.45. The Hall–Kier alpha value is -3.48. The van der Waals surface area contributed by atoms with Crippen LogP contribution in [0.25, 0.3) is 0 Å². The van der Waals surface area contributed by atoms with Crippen LogP contribution < -0.4 is 15.1 Å². The number of nitrogens with zero attached hydrogens (tertiary/aromatic N) is 3. The molecule has 37 heavy (non-hydrogen) atoms. The normalized spacial score (nSPS) is 19.9. The molecule has 10 nitrogen and oxygen atoms in total. The van der Waals surface area contributed by atoms with Crippen molar-refractivity contribution >= 4 is 69.5 Å². The van der Waals surface area contributed by atoms with Gasteiger partial charge in [-0.1, -0.05) is 48.5 Å². The second kappa shape index (κ2) is 9.12. The standard InChI is InChI=1S/C24H19ClN4O6S2/c1-24(2)17-18(21(32)28(20(17)31)14-7-9-15(10-8-14)29(34)35)36-22-19(24)37-23(33)27(22)11-16(30)26-13-5-3-12(25)4-6-13/h3-10,17-18H,11H2,1-2H3,(H,26,30). The molecule has 0 aliphatic carbocycles. The van der Waals surface area contributed by atoms with Crippen molar-refractivity contribution in [2.24, 2.45) is 5.92 Å². The maximum absolute atomic E-state index is 13.5. The maximum Gasteiger partial charge on any atom is 0.308 e. The summed E-state index contributed by atoms with van der Waals surface area (Å²) in [6, 6.07) is 11.8. The number of fused-ring (bicyclic) bond motifs is 2. The predicted molar refractivity (Wildman–Crippen MR) is 140 cm³/mol. The predicted octanol–water partition coefficient (Wildman–Crippen LogP) is 4.05. The molecule has 13 heteroatoms. The quantitative estimate of drug-likeness (QED) is 0.284. The number of carbonyl (C=O) groups excluding carboxylic acids is 3. The summed E-state index contributed by atoms with van der Waals surface area (Å²) in [5.74, 6) is -2.07. The van der Waals surface area contributed by atoms with Gasteiger partial charge in [0.15, 0.2) is 0 Å². The molecule has 0 bridgehead atoms. The van der Waals surface area contributed by atoms with E-state index in [-0.39, 0.29) is 22.8 Å². The molecule has 2 aliphatic heterocycles. The first-order valence-electron chi connectivity index (χ1n) is 11.1. The number of aromatic nitrogens is 1. The summed E-state index contributed by atoms with van der Waals surface area (Å²) in [4.78, 5) is 64.4. The number of thiazole rings is 1. The summed E-state index contributed by atoms with van der Waals surface area (Å²) < 4.78 is 1.33. The molecule has 0 radical (unpaired) electrons. The van der Waals surface area contributed by atoms with Crippen molar-refractivity contribution in [2.45, 2.75) is 36.1 Å². The average Bonchev–Trinajstić information content (AvgIpc) is 3.29. The van der Waals surface area contributed by atoms with Gasteiger partial charge in [0.1, 0.15) is 11.8 Å². The summed E-state index contributed by atoms with van der Waals surface area (Å²) >= 11 is 7.95. The number of hydrogen-bond acceptors (Lipinski definition) is 8. The first kappa shape index (κ1) is 25.2. The van der Waals surface area contributed by atoms with Gasteiger partial charge in [0.25, 0.3) is 5.69 Å². The number of nitro benzene ring substituents is 1. The molecule has 3 amide bonds. The van der Waals surface area contributed by atoms with Gasteiger partial charge in [-0.3, -0.25) is 33.9 Å². The van der Waals surface area contributed by atoms with Crippen molar-refractivity contribution in [3.8, 4) is 0 Å². The second-order valence-electron chi connectivity index (χ2n) is 9.17. The number of anilines is 2. The Morgan fingerprint density at radius 1 is 1.08 bits per heavy atom. The lowest BCUT2D eigenvalue weighted by atomic mass is 9.76. The van der Waals surface area contributed by atoms with Crippen molar-refractivity contribution in [3.63, 3.8) is 0 Å². The molecule has 0 saturated carbocycles. The first-order valence-corrected chi connectivity index (χ1v) is 13.1. The fourth-order valence-corrected chi connectivity index (χ4v) is 7.79. The van der Waals surface area contributed by atoms with Gasteiger partial charge in [-0.25, -0.2) is 4.90 Å². The highest BCUT2D eigenvalue weighted by Gasteiger charge is 2.59. The van der Waals surface area contributed by atoms with Gasteiger partial charge in [0.05, 0.1) is 21.6 Å². The Labute approximate surface area is 223 Å². The molecule has 2 aromatic carbocycles. The van der Waals surface area contributed by atoms with Gasteiger partial charge in [0, 0.05) is 33.1 Å². The minimum absolute atomic E-state index is 0.155. The molecule has 3 heterocycles. The van der Waals surface area contributed by atoms with Crippen LogP contribution in [-0.4, -0.2) is 32.5 Å². The van der Waals surface area contributed by atoms with Crippen LogP contribution in [0, 0.1) is 16.0 Å². The lowest BCUT2D eigenvalue weighted by Crippen LogP contribution is -2.41. The number of carbonyl (C=O) groups is 3. The molecule has 1 aromatic heterocycles. The molecule has 0 spiro atoms. The van der Waals surface area contributed by atoms with Gasteiger partial charge in [0.2, 0.25) is 17.7 Å². The van der Waals surface area contributed by atoms with Gasteiger partial charge in [-0.15, -0.1) is 0 Å². The number of non-ortho nitro benzene ring substituents is 1. The van der Waals surface area contributed by atoms with E-state index in [2.05, 4.69) is 5.32 Å². The molecule has 1 fully saturated rings. The Morgan fingerprint density at radius 3 is 2.35 bits per heavy atom. The van der Waals surface area contributed by atoms with Crippen LogP contribution in [0.1, 0.15) is 18.7 Å². The molecule has 190 valence electrons. The van der Waals surface area contributed by atoms with Crippen LogP contribution in [0.2, 0.25) is 5.02 Å². The number of nitrogens with one attached hydrogen (secondary N) is 1. The molecule has 3 aromatic rings. The number of amides is 3. The van der Waals surface area contributed by atoms with E-state index in [1.165, 1.54) is 28.8 Å². The molecule has 2 atom stereocenters. The maximum atomic E-state index is 13.5. The van der Waals surface area contributed by atoms with Gasteiger partial charge in [-0.2, -0.15) is 0 Å². The Kier molecular flexibility index (Phi) is 6.21. The zero-order valence-corrected chi connectivity index (χ0v) is 21.9. The fraction of sp³-hybridized carbons (Fsp3) is 0.250. The Morgan fingerprint density at radius 2 is 1.73 bits per heavy atom. The zero-order valence-electron chi connectivity index (χ0n) is 19.5. The number of nitro groups is 1. The van der Waals surface area contributed by atoms with E-state index in [9.17, 15) is 29.3 Å². The van der Waals surface area contributed by atoms with E-state index in [1.807, 2.05) is 13.8 Å². The van der Waals surface area contributed by atoms with E-state index in [1.54, 1.807) is 24.3 Å². The molecule has 5 rings (SSSR count). The number of imide groups is 1. The molecule has 1 saturated heterocycles. The molecular weight excluding hydrogens is 540 g/mol. The molecule has 1 N–H and O–H groups in total. The SMILES string of the molecule is CC1(C)c2sc(=O)n(CC(=O)Nc3ccc(Cl)cc3)c2SC2C(=O)N(c3ccc([N+](=O)[O-])cc3)C(=O)C21. The number of rotatable bonds is 5. The van der Waals surface area contributed by atoms with Crippen molar-refractivity contribution < 1.29 is 19.3 Å². The molecule has 2 unspecified atom stereocenters. The summed E-state index contributed by atoms with van der Waals surface area (Å²) in [6.45, 7) is 3.35. The molecule has 2 aliphatic rings. The van der Waals surface area contributed by atoms with Crippen molar-refractivity contribution in [2.75, 3.05) is 10.2 Å². The van der Waals surface area contributed by atoms with Crippen LogP contribution >= 0.6 is 34.7 Å². The summed E-state index contributed by atoms with van der Waals surface area (Å²) in [6.07, 6.45) is 0. The number of halogens is 1. The van der Waals surface area contributed by atoms with Crippen LogP contribution in [0.5, 0.6) is 0 Å². The van der Waals surface area contributed by atoms with E-state index in [0.29, 0.717) is 20.6 Å². The Bertz CT molecular complexity index is 1510. The topological polar surface area (TPSA) is 132 Å². The summed E-state index contributed by atoms with van der Waals surface area (Å²) in [5, 5.41) is 13.9. The van der Waals surface area contributed by atoms with E-state index < -0.39 is 39.2 Å². The van der Waals surface area contributed by atoms with E-state index >= 15 is 0 Å². The fourth-order valence-electron chi connectivity index (χ4n) is 4.62. The summed E-state index contributed by atoms with van der Waals surface area (Å²) in [7, 11) is 0. The van der Waals surface area contributed by atoms with Gasteiger partial charge < -0.3 is 5.32 Å². The smallest absolute Gasteiger partial charge is 0.308 e. The number of thioether (sulfide) groups is 1. The van der Waals surface area contributed by atoms with Crippen LogP contribution in [0.3, 0.4) is 0 Å².